The first kappa shape index (κ1) is 19.5. The van der Waals surface area contributed by atoms with Gasteiger partial charge in [-0.2, -0.15) is 0 Å². The number of aliphatic imine (C=N–C) groups is 1. The summed E-state index contributed by atoms with van der Waals surface area (Å²) in [5.74, 6) is 1.94. The third-order valence-electron chi connectivity index (χ3n) is 5.06. The average molecular weight is 448 g/mol. The number of aromatic nitrogens is 1. The largest absolute Gasteiger partial charge is 0.381 e. The quantitative estimate of drug-likeness (QED) is 0.436. The molecule has 6 nitrogen and oxygen atoms in total. The van der Waals surface area contributed by atoms with Crippen LogP contribution in [0.15, 0.2) is 9.52 Å². The van der Waals surface area contributed by atoms with Gasteiger partial charge in [0.15, 0.2) is 5.96 Å². The Balaban J connectivity index is 0.00000208. The van der Waals surface area contributed by atoms with E-state index in [1.165, 1.54) is 18.4 Å². The van der Waals surface area contributed by atoms with E-state index in [1.807, 2.05) is 13.8 Å². The van der Waals surface area contributed by atoms with E-state index in [0.717, 1.165) is 63.2 Å². The SMILES string of the molecule is CCNC(=NCCc1c(C)noc1C)N1CCC2(CCOC2)C1.I. The molecule has 1 aromatic heterocycles. The van der Waals surface area contributed by atoms with E-state index in [1.54, 1.807) is 0 Å². The topological polar surface area (TPSA) is 62.9 Å². The smallest absolute Gasteiger partial charge is 0.193 e. The Morgan fingerprint density at radius 1 is 1.38 bits per heavy atom. The van der Waals surface area contributed by atoms with Crippen molar-refractivity contribution in [2.75, 3.05) is 39.4 Å². The molecule has 0 amide bonds. The number of ether oxygens (including phenoxy) is 1. The van der Waals surface area contributed by atoms with Gasteiger partial charge in [0.25, 0.3) is 0 Å². The van der Waals surface area contributed by atoms with Gasteiger partial charge in [-0.3, -0.25) is 4.99 Å². The summed E-state index contributed by atoms with van der Waals surface area (Å²) in [4.78, 5) is 7.22. The molecule has 24 heavy (non-hydrogen) atoms. The molecule has 0 radical (unpaired) electrons. The second kappa shape index (κ2) is 8.51. The zero-order valence-corrected chi connectivity index (χ0v) is 17.3. The standard InChI is InChI=1S/C17H28N4O2.HI/c1-4-18-16(19-8-5-15-13(2)20-23-14(15)3)21-9-6-17(11-21)7-10-22-12-17;/h4-12H2,1-3H3,(H,18,19);1H. The van der Waals surface area contributed by atoms with E-state index >= 15 is 0 Å². The summed E-state index contributed by atoms with van der Waals surface area (Å²) in [6, 6.07) is 0. The number of guanidine groups is 1. The molecule has 1 atom stereocenters. The maximum Gasteiger partial charge on any atom is 0.193 e. The predicted molar refractivity (Wildman–Crippen MR) is 105 cm³/mol. The maximum absolute atomic E-state index is 5.62. The van der Waals surface area contributed by atoms with E-state index in [4.69, 9.17) is 14.3 Å². The molecular formula is C17H29IN4O2. The van der Waals surface area contributed by atoms with Gasteiger partial charge < -0.3 is 19.5 Å². The Bertz CT molecular complexity index is 547. The highest BCUT2D eigenvalue weighted by Crippen LogP contribution is 2.38. The number of nitrogens with one attached hydrogen (secondary N) is 1. The molecule has 1 N–H and O–H groups in total. The molecule has 1 unspecified atom stereocenters. The van der Waals surface area contributed by atoms with Crippen molar-refractivity contribution in [3.8, 4) is 0 Å². The van der Waals surface area contributed by atoms with Gasteiger partial charge in [-0.1, -0.05) is 5.16 Å². The highest BCUT2D eigenvalue weighted by atomic mass is 127. The van der Waals surface area contributed by atoms with Crippen LogP contribution in [0.2, 0.25) is 0 Å². The lowest BCUT2D eigenvalue weighted by molar-refractivity contribution is 0.156. The highest BCUT2D eigenvalue weighted by molar-refractivity contribution is 14.0. The molecule has 2 saturated heterocycles. The minimum atomic E-state index is 0. The summed E-state index contributed by atoms with van der Waals surface area (Å²) in [5, 5.41) is 7.45. The van der Waals surface area contributed by atoms with Gasteiger partial charge in [-0.05, 0) is 40.0 Å². The van der Waals surface area contributed by atoms with Crippen LogP contribution in [-0.2, 0) is 11.2 Å². The summed E-state index contributed by atoms with van der Waals surface area (Å²) in [7, 11) is 0. The number of hydrogen-bond acceptors (Lipinski definition) is 4. The Kier molecular flexibility index (Phi) is 6.91. The second-order valence-electron chi connectivity index (χ2n) is 6.76. The van der Waals surface area contributed by atoms with Crippen molar-refractivity contribution in [2.24, 2.45) is 10.4 Å². The van der Waals surface area contributed by atoms with Gasteiger partial charge in [-0.15, -0.1) is 24.0 Å². The molecular weight excluding hydrogens is 419 g/mol. The van der Waals surface area contributed by atoms with Crippen LogP contribution in [0.25, 0.3) is 0 Å². The van der Waals surface area contributed by atoms with Gasteiger partial charge >= 0.3 is 0 Å². The van der Waals surface area contributed by atoms with Crippen molar-refractivity contribution >= 4 is 29.9 Å². The number of aryl methyl sites for hydroxylation is 2. The molecule has 0 bridgehead atoms. The molecule has 3 heterocycles. The molecule has 7 heteroatoms. The lowest BCUT2D eigenvalue weighted by atomic mass is 9.87. The fourth-order valence-corrected chi connectivity index (χ4v) is 3.65. The normalized spacial score (nSPS) is 23.8. The minimum Gasteiger partial charge on any atom is -0.381 e. The van der Waals surface area contributed by atoms with Gasteiger partial charge in [-0.25, -0.2) is 0 Å². The number of nitrogens with zero attached hydrogens (tertiary/aromatic N) is 3. The molecule has 0 aliphatic carbocycles. The van der Waals surface area contributed by atoms with Gasteiger partial charge in [0, 0.05) is 43.8 Å². The van der Waals surface area contributed by atoms with E-state index in [-0.39, 0.29) is 24.0 Å². The molecule has 136 valence electrons. The van der Waals surface area contributed by atoms with Crippen molar-refractivity contribution in [1.82, 2.24) is 15.4 Å². The molecule has 1 spiro atoms. The monoisotopic (exact) mass is 448 g/mol. The van der Waals surface area contributed by atoms with Crippen molar-refractivity contribution < 1.29 is 9.26 Å². The van der Waals surface area contributed by atoms with E-state index in [0.29, 0.717) is 5.41 Å². The highest BCUT2D eigenvalue weighted by Gasteiger charge is 2.42. The Hall–Kier alpha value is -0.830. The van der Waals surface area contributed by atoms with Crippen LogP contribution < -0.4 is 5.32 Å². The first-order chi connectivity index (χ1) is 11.1. The van der Waals surface area contributed by atoms with Crippen LogP contribution in [0.5, 0.6) is 0 Å². The number of hydrogen-bond donors (Lipinski definition) is 1. The van der Waals surface area contributed by atoms with Gasteiger partial charge in [0.2, 0.25) is 0 Å². The number of rotatable bonds is 4. The molecule has 2 aliphatic rings. The van der Waals surface area contributed by atoms with Crippen LogP contribution in [0.1, 0.15) is 36.8 Å². The summed E-state index contributed by atoms with van der Waals surface area (Å²) in [6.45, 7) is 11.7. The van der Waals surface area contributed by atoms with E-state index in [9.17, 15) is 0 Å². The first-order valence-corrected chi connectivity index (χ1v) is 8.66. The molecule has 1 aromatic rings. The Morgan fingerprint density at radius 3 is 2.83 bits per heavy atom. The van der Waals surface area contributed by atoms with Crippen LogP contribution in [0.3, 0.4) is 0 Å². The third kappa shape index (κ3) is 4.22. The van der Waals surface area contributed by atoms with Crippen LogP contribution in [0, 0.1) is 19.3 Å². The molecule has 0 aromatic carbocycles. The first-order valence-electron chi connectivity index (χ1n) is 8.66. The Labute approximate surface area is 161 Å². The molecule has 2 fully saturated rings. The third-order valence-corrected chi connectivity index (χ3v) is 5.06. The van der Waals surface area contributed by atoms with E-state index < -0.39 is 0 Å². The van der Waals surface area contributed by atoms with Crippen LogP contribution in [0.4, 0.5) is 0 Å². The minimum absolute atomic E-state index is 0. The molecule has 0 saturated carbocycles. The predicted octanol–water partition coefficient (Wildman–Crippen LogP) is 2.53. The van der Waals surface area contributed by atoms with Crippen LogP contribution >= 0.6 is 24.0 Å². The molecule has 3 rings (SSSR count). The van der Waals surface area contributed by atoms with Crippen molar-refractivity contribution in [3.05, 3.63) is 17.0 Å². The number of likely N-dealkylation sites (tertiary alicyclic amines) is 1. The summed E-state index contributed by atoms with van der Waals surface area (Å²) >= 11 is 0. The summed E-state index contributed by atoms with van der Waals surface area (Å²) < 4.78 is 10.8. The van der Waals surface area contributed by atoms with E-state index in [2.05, 4.69) is 22.3 Å². The zero-order chi connectivity index (χ0) is 16.3. The number of halogens is 1. The van der Waals surface area contributed by atoms with Crippen LogP contribution in [-0.4, -0.2) is 55.4 Å². The van der Waals surface area contributed by atoms with Gasteiger partial charge in [0.1, 0.15) is 5.76 Å². The summed E-state index contributed by atoms with van der Waals surface area (Å²) in [5.41, 5.74) is 2.52. The van der Waals surface area contributed by atoms with Gasteiger partial charge in [0.05, 0.1) is 12.3 Å². The maximum atomic E-state index is 5.62. The zero-order valence-electron chi connectivity index (χ0n) is 14.9. The molecule has 2 aliphatic heterocycles. The summed E-state index contributed by atoms with van der Waals surface area (Å²) in [6.07, 6.45) is 3.27. The van der Waals surface area contributed by atoms with Crippen molar-refractivity contribution in [3.63, 3.8) is 0 Å². The second-order valence-corrected chi connectivity index (χ2v) is 6.76. The fourth-order valence-electron chi connectivity index (χ4n) is 3.65. The lowest BCUT2D eigenvalue weighted by Gasteiger charge is -2.25. The van der Waals surface area contributed by atoms with Crippen molar-refractivity contribution in [2.45, 2.75) is 40.0 Å². The van der Waals surface area contributed by atoms with Crippen molar-refractivity contribution in [1.29, 1.82) is 0 Å². The lowest BCUT2D eigenvalue weighted by Crippen LogP contribution is -2.41. The fraction of sp³-hybridized carbons (Fsp3) is 0.765. The average Bonchev–Trinajstić information content (AvgIpc) is 3.24. The Morgan fingerprint density at radius 2 is 2.21 bits per heavy atom.